The van der Waals surface area contributed by atoms with Gasteiger partial charge >= 0.3 is 17.9 Å². The number of aryl methyl sites for hydroxylation is 1. The second-order valence-electron chi connectivity index (χ2n) is 18.1. The highest BCUT2D eigenvalue weighted by Crippen LogP contribution is 2.27. The van der Waals surface area contributed by atoms with E-state index in [-0.39, 0.29) is 24.0 Å². The Morgan fingerprint density at radius 1 is 0.577 bits per heavy atom. The fraction of sp³-hybridized carbons (Fsp3) is 0.864. The number of ether oxygens (including phenoxy) is 3. The van der Waals surface area contributed by atoms with Crippen LogP contribution in [0.25, 0.3) is 0 Å². The van der Waals surface area contributed by atoms with Gasteiger partial charge in [0.05, 0.1) is 19.5 Å². The topological polar surface area (TPSA) is 96.7 Å². The van der Waals surface area contributed by atoms with E-state index in [9.17, 15) is 14.4 Å². The van der Waals surface area contributed by atoms with E-state index in [0.717, 1.165) is 129 Å². The van der Waals surface area contributed by atoms with E-state index in [0.29, 0.717) is 55.1 Å². The molecule has 52 heavy (non-hydrogen) atoms. The molecule has 1 aromatic heterocycles. The third kappa shape index (κ3) is 30.1. The summed E-state index contributed by atoms with van der Waals surface area (Å²) < 4.78 is 18.9. The van der Waals surface area contributed by atoms with Crippen LogP contribution < -0.4 is 0 Å². The standard InChI is InChI=1S/C44H80N2O6/c1-37(34-43(3,4)5)27-32-50-40(47)24-19-15-11-9-13-17-22-39(52-42(49)26-21-30-46-31-29-45-36-46)23-18-14-10-12-16-20-25-41(48)51-33-28-38(2)35-44(6,7)8/h29,31,36-39H,9-28,30,32-35H2,1-8H3/t37-,38?,39?/m0/s1. The van der Waals surface area contributed by atoms with Crippen molar-refractivity contribution in [3.8, 4) is 0 Å². The average Bonchev–Trinajstić information content (AvgIpc) is 3.55. The van der Waals surface area contributed by atoms with E-state index in [2.05, 4.69) is 60.4 Å². The van der Waals surface area contributed by atoms with E-state index >= 15 is 0 Å². The number of rotatable bonds is 31. The molecule has 0 amide bonds. The molecule has 8 nitrogen and oxygen atoms in total. The number of hydrogen-bond donors (Lipinski definition) is 0. The molecule has 2 unspecified atom stereocenters. The smallest absolute Gasteiger partial charge is 0.306 e. The van der Waals surface area contributed by atoms with Crippen molar-refractivity contribution in [2.75, 3.05) is 13.2 Å². The molecule has 0 aliphatic carbocycles. The lowest BCUT2D eigenvalue weighted by atomic mass is 9.84. The normalized spacial score (nSPS) is 13.8. The summed E-state index contributed by atoms with van der Waals surface area (Å²) in [6.07, 6.45) is 26.3. The zero-order valence-corrected chi connectivity index (χ0v) is 35.0. The molecule has 0 radical (unpaired) electrons. The maximum Gasteiger partial charge on any atom is 0.306 e. The molecule has 0 aromatic carbocycles. The van der Waals surface area contributed by atoms with E-state index in [1.807, 2.05) is 10.8 Å². The third-order valence-electron chi connectivity index (χ3n) is 9.64. The van der Waals surface area contributed by atoms with E-state index in [4.69, 9.17) is 14.2 Å². The highest BCUT2D eigenvalue weighted by molar-refractivity contribution is 5.70. The van der Waals surface area contributed by atoms with Gasteiger partial charge in [0.25, 0.3) is 0 Å². The molecule has 0 aliphatic rings. The van der Waals surface area contributed by atoms with Gasteiger partial charge in [0.2, 0.25) is 0 Å². The Morgan fingerprint density at radius 3 is 1.42 bits per heavy atom. The van der Waals surface area contributed by atoms with Gasteiger partial charge in [-0.25, -0.2) is 4.98 Å². The van der Waals surface area contributed by atoms with Crippen molar-refractivity contribution < 1.29 is 28.6 Å². The van der Waals surface area contributed by atoms with Crippen LogP contribution in [-0.4, -0.2) is 46.8 Å². The molecule has 0 spiro atoms. The van der Waals surface area contributed by atoms with Crippen molar-refractivity contribution in [1.82, 2.24) is 9.55 Å². The minimum Gasteiger partial charge on any atom is -0.466 e. The highest BCUT2D eigenvalue weighted by Gasteiger charge is 2.17. The van der Waals surface area contributed by atoms with E-state index in [1.54, 1.807) is 12.5 Å². The number of carbonyl (C=O) groups is 3. The molecule has 3 atom stereocenters. The van der Waals surface area contributed by atoms with Gasteiger partial charge < -0.3 is 18.8 Å². The lowest BCUT2D eigenvalue weighted by Gasteiger charge is -2.23. The lowest BCUT2D eigenvalue weighted by molar-refractivity contribution is -0.150. The lowest BCUT2D eigenvalue weighted by Crippen LogP contribution is -2.18. The Bertz CT molecular complexity index is 986. The molecule has 0 aliphatic heterocycles. The van der Waals surface area contributed by atoms with Crippen LogP contribution in [0.4, 0.5) is 0 Å². The second kappa shape index (κ2) is 28.1. The van der Waals surface area contributed by atoms with Gasteiger partial charge in [0, 0.05) is 38.2 Å². The zero-order chi connectivity index (χ0) is 38.7. The molecule has 0 saturated carbocycles. The number of carbonyl (C=O) groups excluding carboxylic acids is 3. The number of nitrogens with zero attached hydrogens (tertiary/aromatic N) is 2. The third-order valence-corrected chi connectivity index (χ3v) is 9.64. The minimum absolute atomic E-state index is 0.0254. The van der Waals surface area contributed by atoms with Crippen LogP contribution in [0.15, 0.2) is 18.7 Å². The first-order chi connectivity index (χ1) is 24.6. The number of aromatic nitrogens is 2. The number of imidazole rings is 1. The van der Waals surface area contributed by atoms with Crippen LogP contribution in [0.5, 0.6) is 0 Å². The van der Waals surface area contributed by atoms with Crippen LogP contribution in [-0.2, 0) is 35.1 Å². The summed E-state index contributed by atoms with van der Waals surface area (Å²) in [5.74, 6) is 0.892. The molecular formula is C44H80N2O6. The van der Waals surface area contributed by atoms with Gasteiger partial charge in [-0.3, -0.25) is 14.4 Å². The summed E-state index contributed by atoms with van der Waals surface area (Å²) in [4.78, 5) is 41.0. The van der Waals surface area contributed by atoms with Crippen LogP contribution >= 0.6 is 0 Å². The quantitative estimate of drug-likeness (QED) is 0.0426. The van der Waals surface area contributed by atoms with Gasteiger partial charge in [0.15, 0.2) is 0 Å². The molecule has 0 saturated heterocycles. The summed E-state index contributed by atoms with van der Waals surface area (Å²) in [6, 6.07) is 0. The molecule has 8 heteroatoms. The van der Waals surface area contributed by atoms with Gasteiger partial charge in [-0.05, 0) is 93.3 Å². The molecule has 0 fully saturated rings. The van der Waals surface area contributed by atoms with Gasteiger partial charge in [0.1, 0.15) is 6.10 Å². The van der Waals surface area contributed by atoms with Crippen molar-refractivity contribution in [3.63, 3.8) is 0 Å². The maximum absolute atomic E-state index is 12.7. The van der Waals surface area contributed by atoms with Crippen molar-refractivity contribution in [3.05, 3.63) is 18.7 Å². The first-order valence-corrected chi connectivity index (χ1v) is 21.1. The Labute approximate surface area is 319 Å². The van der Waals surface area contributed by atoms with Gasteiger partial charge in [-0.1, -0.05) is 107 Å². The Hall–Kier alpha value is -2.38. The molecule has 0 N–H and O–H groups in total. The summed E-state index contributed by atoms with van der Waals surface area (Å²) in [5, 5.41) is 0. The molecule has 1 aromatic rings. The number of esters is 3. The predicted octanol–water partition coefficient (Wildman–Crippen LogP) is 11.8. The largest absolute Gasteiger partial charge is 0.466 e. The Balaban J connectivity index is 2.23. The molecule has 1 rings (SSSR count). The SMILES string of the molecule is CC(CCOC(=O)CCCCCCCCC(CCCCCCCCC(=O)OCC[C@H](C)CC(C)(C)C)OC(=O)CCCn1ccnc1)CC(C)(C)C. The monoisotopic (exact) mass is 733 g/mol. The minimum atomic E-state index is -0.101. The fourth-order valence-corrected chi connectivity index (χ4v) is 7.22. The highest BCUT2D eigenvalue weighted by atomic mass is 16.5. The summed E-state index contributed by atoms with van der Waals surface area (Å²) in [5.41, 5.74) is 0.616. The summed E-state index contributed by atoms with van der Waals surface area (Å²) >= 11 is 0. The van der Waals surface area contributed by atoms with Crippen LogP contribution in [0.3, 0.4) is 0 Å². The van der Waals surface area contributed by atoms with E-state index < -0.39 is 0 Å². The van der Waals surface area contributed by atoms with Crippen LogP contribution in [0.2, 0.25) is 0 Å². The second-order valence-corrected chi connectivity index (χ2v) is 18.1. The predicted molar refractivity (Wildman–Crippen MR) is 213 cm³/mol. The maximum atomic E-state index is 12.7. The molecule has 1 heterocycles. The van der Waals surface area contributed by atoms with Crippen molar-refractivity contribution in [2.24, 2.45) is 22.7 Å². The molecule has 0 bridgehead atoms. The summed E-state index contributed by atoms with van der Waals surface area (Å²) in [7, 11) is 0. The Kier molecular flexibility index (Phi) is 25.8. The molecule has 302 valence electrons. The van der Waals surface area contributed by atoms with Gasteiger partial charge in [-0.15, -0.1) is 0 Å². The van der Waals surface area contributed by atoms with Crippen molar-refractivity contribution in [1.29, 1.82) is 0 Å². The van der Waals surface area contributed by atoms with Crippen LogP contribution in [0, 0.1) is 22.7 Å². The fourth-order valence-electron chi connectivity index (χ4n) is 7.22. The average molecular weight is 733 g/mol. The van der Waals surface area contributed by atoms with Crippen molar-refractivity contribution in [2.45, 2.75) is 209 Å². The summed E-state index contributed by atoms with van der Waals surface area (Å²) in [6.45, 7) is 19.8. The van der Waals surface area contributed by atoms with Crippen molar-refractivity contribution >= 4 is 17.9 Å². The zero-order valence-electron chi connectivity index (χ0n) is 35.0. The van der Waals surface area contributed by atoms with Crippen LogP contribution in [0.1, 0.15) is 197 Å². The number of unbranched alkanes of at least 4 members (excludes halogenated alkanes) is 10. The first kappa shape index (κ1) is 47.6. The van der Waals surface area contributed by atoms with E-state index in [1.165, 1.54) is 0 Å². The molecular weight excluding hydrogens is 652 g/mol. The number of hydrogen-bond acceptors (Lipinski definition) is 7. The Morgan fingerprint density at radius 2 is 1.00 bits per heavy atom. The van der Waals surface area contributed by atoms with Gasteiger partial charge in [-0.2, -0.15) is 0 Å². The first-order valence-electron chi connectivity index (χ1n) is 21.1.